The van der Waals surface area contributed by atoms with Gasteiger partial charge in [0.05, 0.1) is 19.1 Å². The van der Waals surface area contributed by atoms with Crippen LogP contribution in [0.4, 0.5) is 5.69 Å². The first-order valence-corrected chi connectivity index (χ1v) is 10.0. The van der Waals surface area contributed by atoms with Crippen molar-refractivity contribution >= 4 is 23.3 Å². The number of hydrogen-bond acceptors (Lipinski definition) is 6. The number of ether oxygens (including phenoxy) is 2. The largest absolute Gasteiger partial charge is 0.494 e. The van der Waals surface area contributed by atoms with Gasteiger partial charge in [-0.3, -0.25) is 14.4 Å². The average molecular weight is 422 g/mol. The van der Waals surface area contributed by atoms with E-state index in [0.717, 1.165) is 5.56 Å². The number of carbonyl (C=O) groups is 3. The second kappa shape index (κ2) is 12.1. The molecule has 0 aliphatic carbocycles. The molecule has 0 aliphatic rings. The maximum Gasteiger partial charge on any atom is 0.306 e. The van der Waals surface area contributed by atoms with Gasteiger partial charge in [-0.05, 0) is 56.7 Å². The maximum atomic E-state index is 12.5. The third kappa shape index (κ3) is 7.94. The van der Waals surface area contributed by atoms with Crippen molar-refractivity contribution in [3.63, 3.8) is 0 Å². The number of aryl methyl sites for hydroxylation is 1. The molecule has 0 aliphatic heterocycles. The van der Waals surface area contributed by atoms with Crippen molar-refractivity contribution < 1.29 is 23.9 Å². The van der Waals surface area contributed by atoms with Gasteiger partial charge < -0.3 is 14.4 Å². The molecule has 7 nitrogen and oxygen atoms in total. The Morgan fingerprint density at radius 1 is 1.03 bits per heavy atom. The van der Waals surface area contributed by atoms with Gasteiger partial charge in [0.1, 0.15) is 5.75 Å². The minimum atomic E-state index is -0.493. The zero-order chi connectivity index (χ0) is 22.6. The van der Waals surface area contributed by atoms with Crippen LogP contribution in [0.2, 0.25) is 0 Å². The molecule has 0 spiro atoms. The zero-order valence-electron chi connectivity index (χ0n) is 17.8. The molecular weight excluding hydrogens is 396 g/mol. The van der Waals surface area contributed by atoms with E-state index in [9.17, 15) is 14.4 Å². The summed E-state index contributed by atoms with van der Waals surface area (Å²) in [4.78, 5) is 37.2. The lowest BCUT2D eigenvalue weighted by atomic mass is 10.1. The molecule has 0 fully saturated rings. The summed E-state index contributed by atoms with van der Waals surface area (Å²) in [5.74, 6) is -0.278. The molecule has 0 bridgehead atoms. The van der Waals surface area contributed by atoms with Crippen molar-refractivity contribution in [2.24, 2.45) is 0 Å². The molecule has 0 saturated heterocycles. The molecule has 0 saturated carbocycles. The Balaban J connectivity index is 1.75. The number of esters is 1. The molecule has 1 amide bonds. The molecule has 0 N–H and O–H groups in total. The van der Waals surface area contributed by atoms with E-state index in [-0.39, 0.29) is 37.7 Å². The number of Topliss-reactive ketones (excluding diaryl/α,β-unsaturated/α-hetero) is 1. The van der Waals surface area contributed by atoms with Crippen LogP contribution in [0.5, 0.6) is 5.75 Å². The fourth-order valence-corrected chi connectivity index (χ4v) is 2.77. The number of benzene rings is 2. The number of hydrogen-bond donors (Lipinski definition) is 0. The highest BCUT2D eigenvalue weighted by Gasteiger charge is 2.17. The third-order valence-corrected chi connectivity index (χ3v) is 4.51. The molecule has 0 aromatic heterocycles. The van der Waals surface area contributed by atoms with Crippen LogP contribution in [0, 0.1) is 18.3 Å². The van der Waals surface area contributed by atoms with Gasteiger partial charge >= 0.3 is 5.97 Å². The van der Waals surface area contributed by atoms with Crippen molar-refractivity contribution in [3.8, 4) is 11.8 Å². The fraction of sp³-hybridized carbons (Fsp3) is 0.333. The summed E-state index contributed by atoms with van der Waals surface area (Å²) < 4.78 is 10.6. The van der Waals surface area contributed by atoms with E-state index >= 15 is 0 Å². The lowest BCUT2D eigenvalue weighted by Crippen LogP contribution is -2.35. The van der Waals surface area contributed by atoms with Gasteiger partial charge in [-0.25, -0.2) is 0 Å². The van der Waals surface area contributed by atoms with Crippen LogP contribution in [-0.4, -0.2) is 37.4 Å². The zero-order valence-corrected chi connectivity index (χ0v) is 17.8. The monoisotopic (exact) mass is 422 g/mol. The summed E-state index contributed by atoms with van der Waals surface area (Å²) in [5, 5.41) is 8.85. The Labute approximate surface area is 182 Å². The maximum absolute atomic E-state index is 12.5. The van der Waals surface area contributed by atoms with Crippen LogP contribution in [-0.2, 0) is 14.3 Å². The predicted molar refractivity (Wildman–Crippen MR) is 116 cm³/mol. The Kier molecular flexibility index (Phi) is 9.24. The van der Waals surface area contributed by atoms with Crippen molar-refractivity contribution in [3.05, 3.63) is 59.7 Å². The summed E-state index contributed by atoms with van der Waals surface area (Å²) >= 11 is 0. The van der Waals surface area contributed by atoms with Gasteiger partial charge in [0.2, 0.25) is 0 Å². The van der Waals surface area contributed by atoms with Crippen LogP contribution < -0.4 is 9.64 Å². The van der Waals surface area contributed by atoms with Crippen LogP contribution in [0.25, 0.3) is 0 Å². The summed E-state index contributed by atoms with van der Waals surface area (Å²) in [5.41, 5.74) is 2.32. The van der Waals surface area contributed by atoms with Gasteiger partial charge in [0, 0.05) is 24.2 Å². The number of nitriles is 1. The number of rotatable bonds is 11. The number of anilines is 1. The van der Waals surface area contributed by atoms with E-state index < -0.39 is 5.97 Å². The Morgan fingerprint density at radius 3 is 2.32 bits per heavy atom. The second-order valence-electron chi connectivity index (χ2n) is 6.98. The molecular formula is C24H26N2O5. The van der Waals surface area contributed by atoms with Gasteiger partial charge in [0.25, 0.3) is 5.91 Å². The molecule has 2 aromatic rings. The number of ketones is 1. The summed E-state index contributed by atoms with van der Waals surface area (Å²) in [6.07, 6.45) is 0.720. The quantitative estimate of drug-likeness (QED) is 0.310. The summed E-state index contributed by atoms with van der Waals surface area (Å²) in [6.45, 7) is 3.59. The van der Waals surface area contributed by atoms with E-state index in [4.69, 9.17) is 14.7 Å². The van der Waals surface area contributed by atoms with E-state index in [1.54, 1.807) is 36.4 Å². The molecule has 2 rings (SSSR count). The first kappa shape index (κ1) is 23.6. The molecule has 31 heavy (non-hydrogen) atoms. The summed E-state index contributed by atoms with van der Waals surface area (Å²) in [7, 11) is 0. The van der Waals surface area contributed by atoms with Gasteiger partial charge in [0.15, 0.2) is 12.4 Å². The number of amides is 1. The van der Waals surface area contributed by atoms with E-state index in [0.29, 0.717) is 30.0 Å². The van der Waals surface area contributed by atoms with Crippen LogP contribution in [0.1, 0.15) is 42.1 Å². The normalized spacial score (nSPS) is 10.1. The Hall–Kier alpha value is -3.66. The lowest BCUT2D eigenvalue weighted by Gasteiger charge is -2.21. The first-order valence-electron chi connectivity index (χ1n) is 10.0. The molecule has 0 unspecified atom stereocenters. The topological polar surface area (TPSA) is 96.7 Å². The minimum absolute atomic E-state index is 0.0163. The Bertz CT molecular complexity index is 930. The van der Waals surface area contributed by atoms with Gasteiger partial charge in [-0.1, -0.05) is 17.7 Å². The van der Waals surface area contributed by atoms with Gasteiger partial charge in [-0.15, -0.1) is 0 Å². The standard InChI is InChI=1S/C24H26N2O5/c1-18-6-10-21(11-7-18)26(15-4-14-25)23(28)17-31-24(29)5-3-16-30-22-12-8-20(9-13-22)19(2)27/h6-13H,3-5,15-17H2,1-2H3. The van der Waals surface area contributed by atoms with Crippen molar-refractivity contribution in [1.29, 1.82) is 5.26 Å². The molecule has 162 valence electrons. The fourth-order valence-electron chi connectivity index (χ4n) is 2.77. The molecule has 0 atom stereocenters. The lowest BCUT2D eigenvalue weighted by molar-refractivity contribution is -0.148. The smallest absolute Gasteiger partial charge is 0.306 e. The predicted octanol–water partition coefficient (Wildman–Crippen LogP) is 3.85. The van der Waals surface area contributed by atoms with Crippen molar-refractivity contribution in [2.75, 3.05) is 24.7 Å². The molecule has 2 aromatic carbocycles. The first-order chi connectivity index (χ1) is 14.9. The second-order valence-corrected chi connectivity index (χ2v) is 6.98. The van der Waals surface area contributed by atoms with Crippen LogP contribution >= 0.6 is 0 Å². The van der Waals surface area contributed by atoms with Crippen LogP contribution in [0.15, 0.2) is 48.5 Å². The van der Waals surface area contributed by atoms with E-state index in [1.165, 1.54) is 11.8 Å². The third-order valence-electron chi connectivity index (χ3n) is 4.51. The van der Waals surface area contributed by atoms with Gasteiger partial charge in [-0.2, -0.15) is 5.26 Å². The van der Waals surface area contributed by atoms with Crippen molar-refractivity contribution in [1.82, 2.24) is 0 Å². The highest BCUT2D eigenvalue weighted by molar-refractivity contribution is 5.95. The molecule has 0 heterocycles. The number of carbonyl (C=O) groups excluding carboxylic acids is 3. The minimum Gasteiger partial charge on any atom is -0.494 e. The SMILES string of the molecule is CC(=O)c1ccc(OCCCC(=O)OCC(=O)N(CCC#N)c2ccc(C)cc2)cc1. The summed E-state index contributed by atoms with van der Waals surface area (Å²) in [6, 6.07) is 16.1. The molecule has 0 radical (unpaired) electrons. The highest BCUT2D eigenvalue weighted by Crippen LogP contribution is 2.16. The van der Waals surface area contributed by atoms with E-state index in [1.807, 2.05) is 25.1 Å². The number of nitrogens with zero attached hydrogens (tertiary/aromatic N) is 2. The van der Waals surface area contributed by atoms with Crippen LogP contribution in [0.3, 0.4) is 0 Å². The van der Waals surface area contributed by atoms with E-state index in [2.05, 4.69) is 0 Å². The average Bonchev–Trinajstić information content (AvgIpc) is 2.77. The Morgan fingerprint density at radius 2 is 1.71 bits per heavy atom. The molecule has 7 heteroatoms. The highest BCUT2D eigenvalue weighted by atomic mass is 16.5. The van der Waals surface area contributed by atoms with Crippen molar-refractivity contribution in [2.45, 2.75) is 33.1 Å².